The summed E-state index contributed by atoms with van der Waals surface area (Å²) in [6, 6.07) is 0.288. The third-order valence-corrected chi connectivity index (χ3v) is 3.60. The summed E-state index contributed by atoms with van der Waals surface area (Å²) in [5.74, 6) is 0.485. The number of hydrogen-bond donors (Lipinski definition) is 2. The third kappa shape index (κ3) is 1.74. The van der Waals surface area contributed by atoms with Crippen LogP contribution < -0.4 is 10.9 Å². The lowest BCUT2D eigenvalue weighted by atomic mass is 10.1. The van der Waals surface area contributed by atoms with E-state index in [9.17, 15) is 9.59 Å². The lowest BCUT2D eigenvalue weighted by Crippen LogP contribution is -2.39. The van der Waals surface area contributed by atoms with Crippen LogP contribution in [0.2, 0.25) is 0 Å². The summed E-state index contributed by atoms with van der Waals surface area (Å²) in [6.07, 6.45) is 3.58. The van der Waals surface area contributed by atoms with E-state index >= 15 is 0 Å². The van der Waals surface area contributed by atoms with Crippen LogP contribution in [0.15, 0.2) is 17.2 Å². The average molecular weight is 234 g/mol. The first kappa shape index (κ1) is 10.5. The van der Waals surface area contributed by atoms with Gasteiger partial charge < -0.3 is 15.2 Å². The maximum Gasteiger partial charge on any atom is 0.274 e. The highest BCUT2D eigenvalue weighted by molar-refractivity contribution is 5.92. The van der Waals surface area contributed by atoms with Crippen molar-refractivity contribution in [1.29, 1.82) is 0 Å². The average Bonchev–Trinajstić information content (AvgIpc) is 2.90. The Bertz CT molecular complexity index is 478. The summed E-state index contributed by atoms with van der Waals surface area (Å²) in [5.41, 5.74) is 0.0283. The minimum Gasteiger partial charge on any atom is -0.333 e. The molecule has 0 unspecified atom stereocenters. The van der Waals surface area contributed by atoms with Crippen LogP contribution in [-0.4, -0.2) is 46.5 Å². The Kier molecular flexibility index (Phi) is 2.44. The number of aromatic nitrogens is 2. The summed E-state index contributed by atoms with van der Waals surface area (Å²) >= 11 is 0. The van der Waals surface area contributed by atoms with Crippen molar-refractivity contribution in [2.45, 2.75) is 12.5 Å². The Morgan fingerprint density at radius 2 is 2.35 bits per heavy atom. The molecule has 2 aliphatic rings. The van der Waals surface area contributed by atoms with E-state index in [1.54, 1.807) is 0 Å². The largest absolute Gasteiger partial charge is 0.333 e. The Balaban J connectivity index is 1.82. The Morgan fingerprint density at radius 1 is 1.47 bits per heavy atom. The first-order valence-corrected chi connectivity index (χ1v) is 5.82. The summed E-state index contributed by atoms with van der Waals surface area (Å²) < 4.78 is 0. The van der Waals surface area contributed by atoms with Crippen molar-refractivity contribution in [3.63, 3.8) is 0 Å². The maximum atomic E-state index is 12.2. The molecule has 2 aliphatic heterocycles. The fourth-order valence-corrected chi connectivity index (χ4v) is 2.71. The van der Waals surface area contributed by atoms with Gasteiger partial charge >= 0.3 is 0 Å². The molecule has 3 rings (SSSR count). The Morgan fingerprint density at radius 3 is 3.12 bits per heavy atom. The third-order valence-electron chi connectivity index (χ3n) is 3.60. The van der Waals surface area contributed by atoms with Crippen LogP contribution in [0.5, 0.6) is 0 Å². The van der Waals surface area contributed by atoms with Crippen LogP contribution in [0.3, 0.4) is 0 Å². The Labute approximate surface area is 98.0 Å². The number of carbonyl (C=O) groups excluding carboxylic acids is 1. The van der Waals surface area contributed by atoms with E-state index in [1.807, 2.05) is 4.90 Å². The lowest BCUT2D eigenvalue weighted by molar-refractivity contribution is 0.0730. The van der Waals surface area contributed by atoms with Crippen molar-refractivity contribution in [3.8, 4) is 0 Å². The van der Waals surface area contributed by atoms with Crippen LogP contribution in [0.1, 0.15) is 16.9 Å². The number of amides is 1. The number of nitrogens with zero attached hydrogens (tertiary/aromatic N) is 2. The van der Waals surface area contributed by atoms with Gasteiger partial charge in [-0.1, -0.05) is 0 Å². The fraction of sp³-hybridized carbons (Fsp3) is 0.545. The van der Waals surface area contributed by atoms with Gasteiger partial charge in [-0.05, 0) is 12.3 Å². The summed E-state index contributed by atoms with van der Waals surface area (Å²) in [5, 5.41) is 3.30. The monoisotopic (exact) mass is 234 g/mol. The molecule has 3 heterocycles. The van der Waals surface area contributed by atoms with Crippen molar-refractivity contribution in [2.24, 2.45) is 5.92 Å². The van der Waals surface area contributed by atoms with Crippen molar-refractivity contribution < 1.29 is 4.79 Å². The van der Waals surface area contributed by atoms with Gasteiger partial charge in [0.2, 0.25) is 0 Å². The van der Waals surface area contributed by atoms with Gasteiger partial charge in [0.05, 0.1) is 6.20 Å². The second-order valence-corrected chi connectivity index (χ2v) is 4.57. The van der Waals surface area contributed by atoms with Crippen molar-refractivity contribution >= 4 is 5.91 Å². The molecule has 0 saturated carbocycles. The zero-order valence-electron chi connectivity index (χ0n) is 9.35. The van der Waals surface area contributed by atoms with E-state index in [4.69, 9.17) is 0 Å². The molecule has 6 heteroatoms. The van der Waals surface area contributed by atoms with Gasteiger partial charge in [0.25, 0.3) is 11.5 Å². The van der Waals surface area contributed by atoms with E-state index in [0.717, 1.165) is 32.3 Å². The normalized spacial score (nSPS) is 27.2. The van der Waals surface area contributed by atoms with Gasteiger partial charge in [-0.25, -0.2) is 4.98 Å². The molecule has 0 aromatic carbocycles. The smallest absolute Gasteiger partial charge is 0.274 e. The first-order chi connectivity index (χ1) is 8.25. The van der Waals surface area contributed by atoms with E-state index in [-0.39, 0.29) is 17.5 Å². The quantitative estimate of drug-likeness (QED) is 0.667. The molecule has 1 amide bonds. The molecule has 2 saturated heterocycles. The molecule has 0 spiro atoms. The molecule has 17 heavy (non-hydrogen) atoms. The molecular formula is C11H14N4O2. The van der Waals surface area contributed by atoms with Crippen LogP contribution in [-0.2, 0) is 0 Å². The van der Waals surface area contributed by atoms with E-state index in [1.165, 1.54) is 6.20 Å². The Hall–Kier alpha value is -1.69. The molecule has 0 bridgehead atoms. The van der Waals surface area contributed by atoms with Crippen LogP contribution in [0, 0.1) is 5.92 Å². The SMILES string of the molecule is O=C(c1c[nH]c(=O)cn1)N1CC[C@H]2CNC[C@H]21. The summed E-state index contributed by atoms with van der Waals surface area (Å²) in [7, 11) is 0. The fourth-order valence-electron chi connectivity index (χ4n) is 2.71. The highest BCUT2D eigenvalue weighted by Crippen LogP contribution is 2.27. The minimum atomic E-state index is -0.289. The lowest BCUT2D eigenvalue weighted by Gasteiger charge is -2.22. The van der Waals surface area contributed by atoms with Gasteiger partial charge in [0.15, 0.2) is 0 Å². The van der Waals surface area contributed by atoms with Crippen molar-refractivity contribution in [3.05, 3.63) is 28.4 Å². The molecule has 0 radical (unpaired) electrons. The van der Waals surface area contributed by atoms with Crippen molar-refractivity contribution in [2.75, 3.05) is 19.6 Å². The molecule has 2 N–H and O–H groups in total. The number of hydrogen-bond acceptors (Lipinski definition) is 4. The zero-order chi connectivity index (χ0) is 11.8. The molecular weight excluding hydrogens is 220 g/mol. The van der Waals surface area contributed by atoms with Crippen molar-refractivity contribution in [1.82, 2.24) is 20.2 Å². The molecule has 0 aliphatic carbocycles. The summed E-state index contributed by atoms with van der Waals surface area (Å²) in [4.78, 5) is 31.3. The number of aromatic amines is 1. The van der Waals surface area contributed by atoms with Crippen LogP contribution in [0.4, 0.5) is 0 Å². The number of H-pyrrole nitrogens is 1. The molecule has 1 aromatic heterocycles. The predicted octanol–water partition coefficient (Wildman–Crippen LogP) is -0.796. The number of likely N-dealkylation sites (tertiary alicyclic amines) is 1. The molecule has 1 aromatic rings. The van der Waals surface area contributed by atoms with Gasteiger partial charge in [0.1, 0.15) is 5.69 Å². The molecule has 6 nitrogen and oxygen atoms in total. The zero-order valence-corrected chi connectivity index (χ0v) is 9.35. The number of nitrogens with one attached hydrogen (secondary N) is 2. The van der Waals surface area contributed by atoms with Gasteiger partial charge in [-0.2, -0.15) is 0 Å². The summed E-state index contributed by atoms with van der Waals surface area (Å²) in [6.45, 7) is 2.64. The number of carbonyl (C=O) groups is 1. The van der Waals surface area contributed by atoms with Gasteiger partial charge in [0, 0.05) is 31.9 Å². The minimum absolute atomic E-state index is 0.0857. The second-order valence-electron chi connectivity index (χ2n) is 4.57. The predicted molar refractivity (Wildman–Crippen MR) is 60.7 cm³/mol. The van der Waals surface area contributed by atoms with E-state index in [2.05, 4.69) is 15.3 Å². The molecule has 90 valence electrons. The number of rotatable bonds is 1. The molecule has 2 fully saturated rings. The standard InChI is InChI=1S/C11H14N4O2/c16-10-6-13-8(4-14-10)11(17)15-2-1-7-3-12-5-9(7)15/h4,6-7,9,12H,1-3,5H2,(H,14,16)/t7-,9+/m0/s1. The van der Waals surface area contributed by atoms with Crippen LogP contribution in [0.25, 0.3) is 0 Å². The highest BCUT2D eigenvalue weighted by atomic mass is 16.2. The van der Waals surface area contributed by atoms with E-state index < -0.39 is 0 Å². The van der Waals surface area contributed by atoms with Gasteiger partial charge in [-0.15, -0.1) is 0 Å². The van der Waals surface area contributed by atoms with Crippen LogP contribution >= 0.6 is 0 Å². The second kappa shape index (κ2) is 3.96. The topological polar surface area (TPSA) is 78.1 Å². The van der Waals surface area contributed by atoms with Gasteiger partial charge in [-0.3, -0.25) is 9.59 Å². The number of fused-ring (bicyclic) bond motifs is 1. The first-order valence-electron chi connectivity index (χ1n) is 5.82. The highest BCUT2D eigenvalue weighted by Gasteiger charge is 2.40. The molecule has 2 atom stereocenters. The van der Waals surface area contributed by atoms with E-state index in [0.29, 0.717) is 11.6 Å². The maximum absolute atomic E-state index is 12.2.